The molecule has 1 radical (unpaired) electrons. The molecule has 0 spiro atoms. The molecule has 1 aromatic rings. The fraction of sp³-hybridized carbons (Fsp3) is 0.111. The van der Waals surface area contributed by atoms with E-state index in [0.29, 0.717) is 6.54 Å². The molecule has 0 aliphatic rings. The maximum atomic E-state index is 8.40. The van der Waals surface area contributed by atoms with Crippen LogP contribution in [0.5, 0.6) is 0 Å². The van der Waals surface area contributed by atoms with Crippen LogP contribution in [-0.2, 0) is 0 Å². The lowest BCUT2D eigenvalue weighted by atomic mass is 10.4. The Kier molecular flexibility index (Phi) is 5.20. The summed E-state index contributed by atoms with van der Waals surface area (Å²) in [5.74, 6) is 0. The van der Waals surface area contributed by atoms with E-state index in [2.05, 4.69) is 7.05 Å². The Bertz CT molecular complexity index is 321. The summed E-state index contributed by atoms with van der Waals surface area (Å²) in [6, 6.07) is 9.55. The van der Waals surface area contributed by atoms with Gasteiger partial charge in [0.2, 0.25) is 0 Å². The molecule has 0 aliphatic carbocycles. The Morgan fingerprint density at radius 1 is 1.43 bits per heavy atom. The van der Waals surface area contributed by atoms with E-state index >= 15 is 0 Å². The molecule has 0 bridgehead atoms. The highest BCUT2D eigenvalue weighted by molar-refractivity contribution is 8.75. The Morgan fingerprint density at radius 2 is 2.07 bits per heavy atom. The normalized spacial score (nSPS) is 10.1. The van der Waals surface area contributed by atoms with Gasteiger partial charge in [0.15, 0.2) is 0 Å². The number of hydrogen-bond acceptors (Lipinski definition) is 4. The summed E-state index contributed by atoms with van der Waals surface area (Å²) >= 11 is 5.74. The molecular formula is C9H8ClN2S2. The molecule has 0 aliphatic heterocycles. The van der Waals surface area contributed by atoms with Crippen LogP contribution in [0.1, 0.15) is 0 Å². The van der Waals surface area contributed by atoms with E-state index in [4.69, 9.17) is 16.9 Å². The van der Waals surface area contributed by atoms with Gasteiger partial charge >= 0.3 is 0 Å². The summed E-state index contributed by atoms with van der Waals surface area (Å²) in [5.41, 5.74) is 0. The molecule has 0 N–H and O–H groups in total. The van der Waals surface area contributed by atoms with Gasteiger partial charge in [0.05, 0.1) is 12.6 Å². The zero-order chi connectivity index (χ0) is 10.4. The molecule has 0 saturated heterocycles. The van der Waals surface area contributed by atoms with Crippen molar-refractivity contribution in [3.05, 3.63) is 36.3 Å². The zero-order valence-corrected chi connectivity index (χ0v) is 9.70. The van der Waals surface area contributed by atoms with Crippen LogP contribution in [0.25, 0.3) is 0 Å². The lowest BCUT2D eigenvalue weighted by Crippen LogP contribution is -2.03. The van der Waals surface area contributed by atoms with Gasteiger partial charge in [0, 0.05) is 17.0 Å². The molecule has 14 heavy (non-hydrogen) atoms. The Balaban J connectivity index is 2.39. The number of halogens is 1. The van der Waals surface area contributed by atoms with Gasteiger partial charge in [-0.1, -0.05) is 11.6 Å². The van der Waals surface area contributed by atoms with Crippen molar-refractivity contribution in [1.82, 2.24) is 4.31 Å². The first-order valence-corrected chi connectivity index (χ1v) is 6.26. The fourth-order valence-corrected chi connectivity index (χ4v) is 2.43. The predicted molar refractivity (Wildman–Crippen MR) is 62.6 cm³/mol. The minimum atomic E-state index is 0.311. The second-order valence-electron chi connectivity index (χ2n) is 2.41. The zero-order valence-electron chi connectivity index (χ0n) is 7.31. The first-order valence-electron chi connectivity index (χ1n) is 3.77. The molecule has 2 nitrogen and oxygen atoms in total. The monoisotopic (exact) mass is 243 g/mol. The molecule has 0 amide bonds. The highest BCUT2D eigenvalue weighted by Gasteiger charge is 2.00. The van der Waals surface area contributed by atoms with E-state index < -0.39 is 0 Å². The number of rotatable bonds is 4. The van der Waals surface area contributed by atoms with Crippen LogP contribution in [0.3, 0.4) is 0 Å². The van der Waals surface area contributed by atoms with E-state index in [1.54, 1.807) is 15.1 Å². The predicted octanol–water partition coefficient (Wildman–Crippen LogP) is 3.61. The molecule has 1 rings (SSSR count). The standard InChI is InChI=1S/C9H8ClN2S2/c1-12(7-6-11)14-13-9-4-2-8(10)3-5-9/h2-5H,1,7H2. The van der Waals surface area contributed by atoms with E-state index in [1.165, 1.54) is 11.0 Å². The Hall–Kier alpha value is -0.340. The van der Waals surface area contributed by atoms with Gasteiger partial charge in [-0.2, -0.15) is 5.26 Å². The van der Waals surface area contributed by atoms with Crippen molar-refractivity contribution < 1.29 is 0 Å². The van der Waals surface area contributed by atoms with Crippen LogP contribution in [0.4, 0.5) is 0 Å². The first-order chi connectivity index (χ1) is 6.72. The summed E-state index contributed by atoms with van der Waals surface area (Å²) in [7, 11) is 6.67. The van der Waals surface area contributed by atoms with Crippen LogP contribution >= 0.6 is 33.4 Å². The average molecular weight is 244 g/mol. The maximum absolute atomic E-state index is 8.40. The molecule has 0 saturated carbocycles. The Morgan fingerprint density at radius 3 is 2.64 bits per heavy atom. The fourth-order valence-electron chi connectivity index (χ4n) is 0.691. The van der Waals surface area contributed by atoms with Crippen LogP contribution < -0.4 is 0 Å². The van der Waals surface area contributed by atoms with Crippen molar-refractivity contribution >= 4 is 33.4 Å². The van der Waals surface area contributed by atoms with E-state index in [0.717, 1.165) is 9.92 Å². The molecule has 0 heterocycles. The van der Waals surface area contributed by atoms with E-state index in [9.17, 15) is 0 Å². The SMILES string of the molecule is [CH2]N(CC#N)SSc1ccc(Cl)cc1. The summed E-state index contributed by atoms with van der Waals surface area (Å²) in [5, 5.41) is 9.12. The lowest BCUT2D eigenvalue weighted by Gasteiger charge is -2.08. The van der Waals surface area contributed by atoms with Gasteiger partial charge in [-0.3, -0.25) is 0 Å². The lowest BCUT2D eigenvalue weighted by molar-refractivity contribution is 0.707. The molecule has 0 fully saturated rings. The van der Waals surface area contributed by atoms with Gasteiger partial charge in [-0.25, -0.2) is 4.31 Å². The second kappa shape index (κ2) is 6.20. The first kappa shape index (κ1) is 11.7. The minimum absolute atomic E-state index is 0.311. The van der Waals surface area contributed by atoms with Crippen LogP contribution in [-0.4, -0.2) is 10.8 Å². The van der Waals surface area contributed by atoms with E-state index in [1.807, 2.05) is 30.3 Å². The van der Waals surface area contributed by atoms with Crippen LogP contribution in [0.15, 0.2) is 29.2 Å². The van der Waals surface area contributed by atoms with Gasteiger partial charge in [-0.15, -0.1) is 0 Å². The van der Waals surface area contributed by atoms with Gasteiger partial charge in [0.25, 0.3) is 0 Å². The van der Waals surface area contributed by atoms with E-state index in [-0.39, 0.29) is 0 Å². The van der Waals surface area contributed by atoms with Gasteiger partial charge < -0.3 is 0 Å². The maximum Gasteiger partial charge on any atom is 0.0970 e. The highest BCUT2D eigenvalue weighted by Crippen LogP contribution is 2.33. The number of benzene rings is 1. The average Bonchev–Trinajstić information content (AvgIpc) is 2.17. The minimum Gasteiger partial charge on any atom is -0.226 e. The topological polar surface area (TPSA) is 27.0 Å². The van der Waals surface area contributed by atoms with Crippen LogP contribution in [0, 0.1) is 18.4 Å². The molecule has 1 aromatic carbocycles. The van der Waals surface area contributed by atoms with Crippen molar-refractivity contribution in [3.63, 3.8) is 0 Å². The van der Waals surface area contributed by atoms with Crippen molar-refractivity contribution in [1.29, 1.82) is 5.26 Å². The number of hydrogen-bond donors (Lipinski definition) is 0. The van der Waals surface area contributed by atoms with Crippen molar-refractivity contribution in [2.75, 3.05) is 6.54 Å². The largest absolute Gasteiger partial charge is 0.226 e. The van der Waals surface area contributed by atoms with Crippen molar-refractivity contribution in [3.8, 4) is 6.07 Å². The third kappa shape index (κ3) is 4.25. The summed E-state index contributed by atoms with van der Waals surface area (Å²) in [6.07, 6.45) is 0. The molecule has 0 aromatic heterocycles. The molecule has 0 atom stereocenters. The molecular weight excluding hydrogens is 236 g/mol. The summed E-state index contributed by atoms with van der Waals surface area (Å²) in [4.78, 5) is 1.09. The highest BCUT2D eigenvalue weighted by atomic mass is 35.5. The quantitative estimate of drug-likeness (QED) is 0.459. The molecule has 5 heteroatoms. The Labute approximate surface area is 96.8 Å². The second-order valence-corrected chi connectivity index (χ2v) is 5.10. The number of nitrogens with zero attached hydrogens (tertiary/aromatic N) is 2. The smallest absolute Gasteiger partial charge is 0.0970 e. The summed E-state index contributed by atoms with van der Waals surface area (Å²) < 4.78 is 1.62. The number of nitriles is 1. The van der Waals surface area contributed by atoms with Crippen molar-refractivity contribution in [2.45, 2.75) is 4.90 Å². The third-order valence-corrected chi connectivity index (χ3v) is 3.86. The van der Waals surface area contributed by atoms with Crippen molar-refractivity contribution in [2.24, 2.45) is 0 Å². The van der Waals surface area contributed by atoms with Gasteiger partial charge in [-0.05, 0) is 46.0 Å². The summed E-state index contributed by atoms with van der Waals surface area (Å²) in [6.45, 7) is 0.311. The van der Waals surface area contributed by atoms with Crippen LogP contribution in [0.2, 0.25) is 5.02 Å². The molecule has 73 valence electrons. The third-order valence-electron chi connectivity index (χ3n) is 1.30. The molecule has 0 unspecified atom stereocenters. The van der Waals surface area contributed by atoms with Gasteiger partial charge in [0.1, 0.15) is 0 Å².